The van der Waals surface area contributed by atoms with E-state index in [0.29, 0.717) is 0 Å². The smallest absolute Gasteiger partial charge is 0.0386 e. The van der Waals surface area contributed by atoms with E-state index in [1.54, 1.807) is 25.7 Å². The number of rotatable bonds is 30. The summed E-state index contributed by atoms with van der Waals surface area (Å²) in [5.41, 5.74) is 0. The van der Waals surface area contributed by atoms with E-state index >= 15 is 0 Å². The first kappa shape index (κ1) is 36.0. The highest BCUT2D eigenvalue weighted by Crippen LogP contribution is 2.37. The van der Waals surface area contributed by atoms with Crippen LogP contribution in [0.25, 0.3) is 0 Å². The maximum Gasteiger partial charge on any atom is -0.0386 e. The summed E-state index contributed by atoms with van der Waals surface area (Å²) in [5, 5.41) is 0. The van der Waals surface area contributed by atoms with Crippen LogP contribution in [0, 0.1) is 11.8 Å². The van der Waals surface area contributed by atoms with Gasteiger partial charge in [0.25, 0.3) is 0 Å². The Balaban J connectivity index is 1.86. The van der Waals surface area contributed by atoms with Crippen molar-refractivity contribution in [2.45, 2.75) is 232 Å². The first-order chi connectivity index (χ1) is 18.9. The van der Waals surface area contributed by atoms with Crippen LogP contribution in [0.4, 0.5) is 0 Å². The van der Waals surface area contributed by atoms with Gasteiger partial charge in [-0.1, -0.05) is 232 Å². The normalized spacial score (nSPS) is 17.8. The maximum absolute atomic E-state index is 2.31. The highest BCUT2D eigenvalue weighted by molar-refractivity contribution is 4.75. The molecule has 0 heteroatoms. The molecule has 0 nitrogen and oxygen atoms in total. The Morgan fingerprint density at radius 1 is 0.289 bits per heavy atom. The zero-order valence-corrected chi connectivity index (χ0v) is 27.2. The molecule has 0 bridgehead atoms. The van der Waals surface area contributed by atoms with Gasteiger partial charge in [0.2, 0.25) is 0 Å². The maximum atomic E-state index is 2.31. The van der Waals surface area contributed by atoms with Crippen molar-refractivity contribution in [1.29, 1.82) is 0 Å². The van der Waals surface area contributed by atoms with Gasteiger partial charge in [-0.2, -0.15) is 0 Å². The van der Waals surface area contributed by atoms with Crippen LogP contribution in [-0.4, -0.2) is 0 Å². The Hall–Kier alpha value is 0. The Morgan fingerprint density at radius 3 is 0.737 bits per heavy atom. The van der Waals surface area contributed by atoms with Gasteiger partial charge in [0.1, 0.15) is 0 Å². The van der Waals surface area contributed by atoms with Crippen molar-refractivity contribution < 1.29 is 0 Å². The average molecular weight is 533 g/mol. The molecule has 1 rings (SSSR count). The Bertz CT molecular complexity index is 386. The minimum atomic E-state index is 1.09. The van der Waals surface area contributed by atoms with E-state index in [4.69, 9.17) is 0 Å². The van der Waals surface area contributed by atoms with Gasteiger partial charge in [0.15, 0.2) is 0 Å². The van der Waals surface area contributed by atoms with E-state index in [1.165, 1.54) is 193 Å². The average Bonchev–Trinajstić information content (AvgIpc) is 2.94. The Morgan fingerprint density at radius 2 is 0.500 bits per heavy atom. The predicted molar refractivity (Wildman–Crippen MR) is 175 cm³/mol. The quantitative estimate of drug-likeness (QED) is 0.0807. The van der Waals surface area contributed by atoms with Crippen LogP contribution in [0.1, 0.15) is 232 Å². The molecule has 0 aromatic carbocycles. The largest absolute Gasteiger partial charge is 0.0654 e. The van der Waals surface area contributed by atoms with Gasteiger partial charge in [-0.05, 0) is 11.8 Å². The second-order valence-corrected chi connectivity index (χ2v) is 13.6. The molecule has 0 spiro atoms. The molecule has 0 N–H and O–H groups in total. The SMILES string of the molecule is CCCCCCCCCCCCCCCCC1CCCCC1CCCCCCCCCCCCCCCC. The van der Waals surface area contributed by atoms with E-state index in [-0.39, 0.29) is 0 Å². The molecular weight excluding hydrogens is 456 g/mol. The van der Waals surface area contributed by atoms with Gasteiger partial charge in [0.05, 0.1) is 0 Å². The first-order valence-electron chi connectivity index (χ1n) is 18.9. The van der Waals surface area contributed by atoms with Crippen molar-refractivity contribution >= 4 is 0 Å². The van der Waals surface area contributed by atoms with E-state index < -0.39 is 0 Å². The monoisotopic (exact) mass is 533 g/mol. The minimum Gasteiger partial charge on any atom is -0.0654 e. The summed E-state index contributed by atoms with van der Waals surface area (Å²) >= 11 is 0. The topological polar surface area (TPSA) is 0 Å². The summed E-state index contributed by atoms with van der Waals surface area (Å²) in [6.45, 7) is 4.63. The Labute approximate surface area is 243 Å². The van der Waals surface area contributed by atoms with Gasteiger partial charge < -0.3 is 0 Å². The van der Waals surface area contributed by atoms with E-state index in [1.807, 2.05) is 0 Å². The fraction of sp³-hybridized carbons (Fsp3) is 1.00. The van der Waals surface area contributed by atoms with Crippen molar-refractivity contribution in [2.24, 2.45) is 11.8 Å². The molecule has 0 saturated heterocycles. The van der Waals surface area contributed by atoms with Gasteiger partial charge in [-0.25, -0.2) is 0 Å². The van der Waals surface area contributed by atoms with Crippen LogP contribution in [0.3, 0.4) is 0 Å². The van der Waals surface area contributed by atoms with Crippen molar-refractivity contribution in [1.82, 2.24) is 0 Å². The molecule has 0 aliphatic heterocycles. The molecule has 1 fully saturated rings. The first-order valence-corrected chi connectivity index (χ1v) is 18.9. The molecule has 1 aliphatic rings. The molecule has 1 saturated carbocycles. The lowest BCUT2D eigenvalue weighted by molar-refractivity contribution is 0.202. The summed E-state index contributed by atoms with van der Waals surface area (Å²) in [5.74, 6) is 2.17. The predicted octanol–water partition coefficient (Wildman–Crippen LogP) is 14.5. The molecule has 2 unspecified atom stereocenters. The lowest BCUT2D eigenvalue weighted by atomic mass is 9.74. The van der Waals surface area contributed by atoms with E-state index in [2.05, 4.69) is 13.8 Å². The summed E-state index contributed by atoms with van der Waals surface area (Å²) in [4.78, 5) is 0. The number of unbranched alkanes of at least 4 members (excludes halogenated alkanes) is 26. The second kappa shape index (κ2) is 30.0. The third kappa shape index (κ3) is 23.9. The fourth-order valence-corrected chi connectivity index (χ4v) is 7.25. The van der Waals surface area contributed by atoms with Gasteiger partial charge in [-0.15, -0.1) is 0 Å². The molecule has 0 amide bonds. The summed E-state index contributed by atoms with van der Waals surface area (Å²) in [6, 6.07) is 0. The van der Waals surface area contributed by atoms with E-state index in [0.717, 1.165) is 11.8 Å². The van der Waals surface area contributed by atoms with Gasteiger partial charge in [-0.3, -0.25) is 0 Å². The number of hydrogen-bond donors (Lipinski definition) is 0. The minimum absolute atomic E-state index is 1.09. The van der Waals surface area contributed by atoms with Crippen molar-refractivity contribution in [3.63, 3.8) is 0 Å². The fourth-order valence-electron chi connectivity index (χ4n) is 7.25. The second-order valence-electron chi connectivity index (χ2n) is 13.6. The van der Waals surface area contributed by atoms with Crippen LogP contribution in [0.15, 0.2) is 0 Å². The standard InChI is InChI=1S/C38H76/c1-3-5-7-9-11-13-15-17-19-21-23-25-27-29-33-37-35-31-32-36-38(37)34-30-28-26-24-22-20-18-16-14-12-10-8-6-4-2/h37-38H,3-36H2,1-2H3. The highest BCUT2D eigenvalue weighted by Gasteiger charge is 2.23. The molecule has 228 valence electrons. The lowest BCUT2D eigenvalue weighted by Gasteiger charge is -2.32. The van der Waals surface area contributed by atoms with Gasteiger partial charge >= 0.3 is 0 Å². The van der Waals surface area contributed by atoms with Gasteiger partial charge in [0, 0.05) is 0 Å². The van der Waals surface area contributed by atoms with E-state index in [9.17, 15) is 0 Å². The zero-order valence-electron chi connectivity index (χ0n) is 27.2. The molecule has 38 heavy (non-hydrogen) atoms. The van der Waals surface area contributed by atoms with Crippen molar-refractivity contribution in [2.75, 3.05) is 0 Å². The molecule has 2 atom stereocenters. The van der Waals surface area contributed by atoms with Crippen molar-refractivity contribution in [3.05, 3.63) is 0 Å². The van der Waals surface area contributed by atoms with Crippen LogP contribution in [0.2, 0.25) is 0 Å². The van der Waals surface area contributed by atoms with Crippen molar-refractivity contribution in [3.8, 4) is 0 Å². The van der Waals surface area contributed by atoms with Crippen LogP contribution >= 0.6 is 0 Å². The lowest BCUT2D eigenvalue weighted by Crippen LogP contribution is -2.19. The summed E-state index contributed by atoms with van der Waals surface area (Å²) < 4.78 is 0. The number of hydrogen-bond acceptors (Lipinski definition) is 0. The molecule has 0 radical (unpaired) electrons. The summed E-state index contributed by atoms with van der Waals surface area (Å²) in [6.07, 6.45) is 50.9. The zero-order chi connectivity index (χ0) is 27.2. The molecule has 0 aromatic rings. The molecular formula is C38H76. The van der Waals surface area contributed by atoms with Crippen LogP contribution in [-0.2, 0) is 0 Å². The Kier molecular flexibility index (Phi) is 28.4. The van der Waals surface area contributed by atoms with Crippen LogP contribution in [0.5, 0.6) is 0 Å². The molecule has 0 aromatic heterocycles. The third-order valence-electron chi connectivity index (χ3n) is 9.92. The third-order valence-corrected chi connectivity index (χ3v) is 9.92. The molecule has 1 aliphatic carbocycles. The highest BCUT2D eigenvalue weighted by atomic mass is 14.3. The summed E-state index contributed by atoms with van der Waals surface area (Å²) in [7, 11) is 0. The molecule has 0 heterocycles. The van der Waals surface area contributed by atoms with Crippen LogP contribution < -0.4 is 0 Å².